The summed E-state index contributed by atoms with van der Waals surface area (Å²) in [7, 11) is -2.77. The first-order chi connectivity index (χ1) is 7.35. The molecule has 0 saturated carbocycles. The maximum Gasteiger partial charge on any atom is 0.152 e. The van der Waals surface area contributed by atoms with Crippen molar-refractivity contribution in [3.05, 3.63) is 0 Å². The quantitative estimate of drug-likeness (QED) is 0.741. The largest absolute Gasteiger partial charge is 0.301 e. The van der Waals surface area contributed by atoms with Crippen LogP contribution in [0.25, 0.3) is 0 Å². The Balaban J connectivity index is 2.24. The third kappa shape index (κ3) is 4.50. The van der Waals surface area contributed by atoms with Crippen LogP contribution in [0.4, 0.5) is 0 Å². The predicted octanol–water partition coefficient (Wildman–Crippen LogP) is 1.05. The van der Waals surface area contributed by atoms with Gasteiger partial charge in [-0.3, -0.25) is 0 Å². The Morgan fingerprint density at radius 2 is 1.88 bits per heavy atom. The van der Waals surface area contributed by atoms with Crippen LogP contribution in [0.1, 0.15) is 26.7 Å². The second kappa shape index (κ2) is 5.15. The van der Waals surface area contributed by atoms with Gasteiger partial charge in [-0.25, -0.2) is 8.42 Å². The summed E-state index contributed by atoms with van der Waals surface area (Å²) in [4.78, 5) is 2.18. The molecule has 1 fully saturated rings. The summed E-state index contributed by atoms with van der Waals surface area (Å²) in [6.07, 6.45) is 1.83. The van der Waals surface area contributed by atoms with Crippen LogP contribution in [-0.4, -0.2) is 44.5 Å². The van der Waals surface area contributed by atoms with Gasteiger partial charge in [0.2, 0.25) is 0 Å². The van der Waals surface area contributed by atoms with Crippen molar-refractivity contribution in [3.63, 3.8) is 0 Å². The van der Waals surface area contributed by atoms with E-state index in [4.69, 9.17) is 5.26 Å². The number of sulfone groups is 1. The summed E-state index contributed by atoms with van der Waals surface area (Å²) in [6.45, 7) is 6.08. The van der Waals surface area contributed by atoms with Crippen molar-refractivity contribution in [1.29, 1.82) is 5.26 Å². The topological polar surface area (TPSA) is 61.2 Å². The molecule has 0 aromatic rings. The fourth-order valence-corrected chi connectivity index (χ4v) is 3.05. The summed E-state index contributed by atoms with van der Waals surface area (Å²) in [6, 6.07) is 2.28. The van der Waals surface area contributed by atoms with Gasteiger partial charge in [0, 0.05) is 13.1 Å². The Bertz CT molecular complexity index is 354. The number of hydrogen-bond acceptors (Lipinski definition) is 4. The second-order valence-electron chi connectivity index (χ2n) is 5.09. The lowest BCUT2D eigenvalue weighted by Crippen LogP contribution is -2.40. The van der Waals surface area contributed by atoms with E-state index in [9.17, 15) is 8.42 Å². The minimum absolute atomic E-state index is 0.262. The average Bonchev–Trinajstić information content (AvgIpc) is 2.20. The summed E-state index contributed by atoms with van der Waals surface area (Å²) < 4.78 is 22.4. The third-order valence-corrected chi connectivity index (χ3v) is 4.62. The lowest BCUT2D eigenvalue weighted by molar-refractivity contribution is 0.274. The minimum Gasteiger partial charge on any atom is -0.301 e. The van der Waals surface area contributed by atoms with Crippen molar-refractivity contribution in [2.24, 2.45) is 5.41 Å². The Labute approximate surface area is 98.2 Å². The standard InChI is InChI=1S/C11H20N2O2S/c1-11(2,10-12)4-3-5-13-6-8-16(14,15)9-7-13/h3-9H2,1-2H3. The summed E-state index contributed by atoms with van der Waals surface area (Å²) in [5.74, 6) is 0.573. The molecule has 0 spiro atoms. The van der Waals surface area contributed by atoms with Gasteiger partial charge in [0.25, 0.3) is 0 Å². The van der Waals surface area contributed by atoms with Crippen molar-refractivity contribution >= 4 is 9.84 Å². The van der Waals surface area contributed by atoms with Crippen LogP contribution >= 0.6 is 0 Å². The molecule has 92 valence electrons. The summed E-state index contributed by atoms with van der Waals surface area (Å²) in [5.41, 5.74) is -0.262. The fraction of sp³-hybridized carbons (Fsp3) is 0.909. The van der Waals surface area contributed by atoms with Crippen LogP contribution in [0.2, 0.25) is 0 Å². The molecule has 4 nitrogen and oxygen atoms in total. The molecule has 1 aliphatic heterocycles. The van der Waals surface area contributed by atoms with E-state index in [0.29, 0.717) is 13.1 Å². The number of nitriles is 1. The van der Waals surface area contributed by atoms with Crippen molar-refractivity contribution in [2.45, 2.75) is 26.7 Å². The van der Waals surface area contributed by atoms with E-state index in [1.807, 2.05) is 13.8 Å². The molecule has 0 aliphatic carbocycles. The molecule has 0 aromatic heterocycles. The summed E-state index contributed by atoms with van der Waals surface area (Å²) in [5, 5.41) is 8.86. The molecule has 1 aliphatic rings. The van der Waals surface area contributed by atoms with Crippen molar-refractivity contribution in [1.82, 2.24) is 4.90 Å². The van der Waals surface area contributed by atoms with Gasteiger partial charge in [0.15, 0.2) is 9.84 Å². The Morgan fingerprint density at radius 1 is 1.31 bits per heavy atom. The predicted molar refractivity (Wildman–Crippen MR) is 63.7 cm³/mol. The van der Waals surface area contributed by atoms with E-state index < -0.39 is 9.84 Å². The number of rotatable bonds is 4. The Kier molecular flexibility index (Phi) is 4.34. The van der Waals surface area contributed by atoms with E-state index in [-0.39, 0.29) is 16.9 Å². The van der Waals surface area contributed by atoms with Crippen molar-refractivity contribution in [3.8, 4) is 6.07 Å². The normalized spacial score (nSPS) is 21.6. The zero-order valence-electron chi connectivity index (χ0n) is 10.1. The molecule has 1 heterocycles. The minimum atomic E-state index is -2.77. The van der Waals surface area contributed by atoms with E-state index in [2.05, 4.69) is 11.0 Å². The molecule has 5 heteroatoms. The highest BCUT2D eigenvalue weighted by molar-refractivity contribution is 7.91. The van der Waals surface area contributed by atoms with Gasteiger partial charge in [-0.1, -0.05) is 0 Å². The van der Waals surface area contributed by atoms with E-state index in [0.717, 1.165) is 19.4 Å². The van der Waals surface area contributed by atoms with Crippen LogP contribution in [-0.2, 0) is 9.84 Å². The van der Waals surface area contributed by atoms with Crippen molar-refractivity contribution in [2.75, 3.05) is 31.1 Å². The molecular weight excluding hydrogens is 224 g/mol. The van der Waals surface area contributed by atoms with E-state index in [1.165, 1.54) is 0 Å². The number of hydrogen-bond donors (Lipinski definition) is 0. The van der Waals surface area contributed by atoms with E-state index in [1.54, 1.807) is 0 Å². The second-order valence-corrected chi connectivity index (χ2v) is 7.40. The first-order valence-electron chi connectivity index (χ1n) is 5.69. The maximum absolute atomic E-state index is 11.2. The zero-order valence-corrected chi connectivity index (χ0v) is 10.9. The monoisotopic (exact) mass is 244 g/mol. The zero-order chi connectivity index (χ0) is 12.2. The van der Waals surface area contributed by atoms with Gasteiger partial charge in [0.1, 0.15) is 0 Å². The van der Waals surface area contributed by atoms with Crippen LogP contribution in [0, 0.1) is 16.7 Å². The van der Waals surface area contributed by atoms with Gasteiger partial charge in [-0.15, -0.1) is 0 Å². The molecule has 0 N–H and O–H groups in total. The highest BCUT2D eigenvalue weighted by Gasteiger charge is 2.22. The molecular formula is C11H20N2O2S. The molecule has 1 rings (SSSR count). The molecule has 0 aromatic carbocycles. The highest BCUT2D eigenvalue weighted by Crippen LogP contribution is 2.20. The van der Waals surface area contributed by atoms with Gasteiger partial charge in [0.05, 0.1) is 23.0 Å². The lowest BCUT2D eigenvalue weighted by atomic mass is 9.90. The SMILES string of the molecule is CC(C)(C#N)CCCN1CCS(=O)(=O)CC1. The molecule has 0 atom stereocenters. The van der Waals surface area contributed by atoms with Gasteiger partial charge in [-0.2, -0.15) is 5.26 Å². The molecule has 0 unspecified atom stereocenters. The fourth-order valence-electron chi connectivity index (χ4n) is 1.77. The van der Waals surface area contributed by atoms with Gasteiger partial charge >= 0.3 is 0 Å². The smallest absolute Gasteiger partial charge is 0.152 e. The molecule has 16 heavy (non-hydrogen) atoms. The molecule has 0 radical (unpaired) electrons. The van der Waals surface area contributed by atoms with E-state index >= 15 is 0 Å². The lowest BCUT2D eigenvalue weighted by Gasteiger charge is -2.27. The summed E-state index contributed by atoms with van der Waals surface area (Å²) >= 11 is 0. The molecule has 0 amide bonds. The van der Waals surface area contributed by atoms with Crippen LogP contribution < -0.4 is 0 Å². The Morgan fingerprint density at radius 3 is 2.38 bits per heavy atom. The first kappa shape index (κ1) is 13.5. The third-order valence-electron chi connectivity index (χ3n) is 3.02. The van der Waals surface area contributed by atoms with Gasteiger partial charge < -0.3 is 4.90 Å². The van der Waals surface area contributed by atoms with Crippen LogP contribution in [0.5, 0.6) is 0 Å². The first-order valence-corrected chi connectivity index (χ1v) is 7.51. The maximum atomic E-state index is 11.2. The van der Waals surface area contributed by atoms with Crippen molar-refractivity contribution < 1.29 is 8.42 Å². The molecule has 1 saturated heterocycles. The number of nitrogens with zero attached hydrogens (tertiary/aromatic N) is 2. The average molecular weight is 244 g/mol. The Hall–Kier alpha value is -0.600. The van der Waals surface area contributed by atoms with Crippen LogP contribution in [0.15, 0.2) is 0 Å². The van der Waals surface area contributed by atoms with Crippen LogP contribution in [0.3, 0.4) is 0 Å². The molecule has 0 bridgehead atoms. The highest BCUT2D eigenvalue weighted by atomic mass is 32.2. The van der Waals surface area contributed by atoms with Gasteiger partial charge in [-0.05, 0) is 33.2 Å².